The summed E-state index contributed by atoms with van der Waals surface area (Å²) in [4.78, 5) is 17.5. The number of aromatic nitrogens is 1. The number of hydrogen-bond acceptors (Lipinski definition) is 4. The van der Waals surface area contributed by atoms with Crippen LogP contribution in [0.3, 0.4) is 0 Å². The van der Waals surface area contributed by atoms with Crippen molar-refractivity contribution in [2.24, 2.45) is 11.7 Å². The summed E-state index contributed by atoms with van der Waals surface area (Å²) < 4.78 is 0. The number of amides is 1. The molecule has 1 unspecified atom stereocenters. The lowest BCUT2D eigenvalue weighted by Gasteiger charge is -2.16. The van der Waals surface area contributed by atoms with E-state index < -0.39 is 5.54 Å². The van der Waals surface area contributed by atoms with Gasteiger partial charge >= 0.3 is 0 Å². The van der Waals surface area contributed by atoms with Crippen molar-refractivity contribution >= 4 is 22.4 Å². The fraction of sp³-hybridized carbons (Fsp3) is 0.667. The van der Waals surface area contributed by atoms with Crippen LogP contribution in [0.4, 0.5) is 5.13 Å². The second-order valence-corrected chi connectivity index (χ2v) is 6.50. The monoisotopic (exact) mass is 253 g/mol. The lowest BCUT2D eigenvalue weighted by Crippen LogP contribution is -2.45. The standard InChI is InChI=1S/C12H19N3OS/c1-7-4-5-8-9(6-7)17-11(14-8)15-10(16)12(2,3)13/h7H,4-6,13H2,1-3H3,(H,14,15,16). The minimum absolute atomic E-state index is 0.184. The Morgan fingerprint density at radius 1 is 1.59 bits per heavy atom. The maximum absolute atomic E-state index is 11.7. The van der Waals surface area contributed by atoms with Gasteiger partial charge in [-0.15, -0.1) is 11.3 Å². The average Bonchev–Trinajstić information content (AvgIpc) is 2.57. The van der Waals surface area contributed by atoms with Gasteiger partial charge in [0, 0.05) is 4.88 Å². The number of thiazole rings is 1. The summed E-state index contributed by atoms with van der Waals surface area (Å²) in [7, 11) is 0. The van der Waals surface area contributed by atoms with Crippen molar-refractivity contribution in [1.29, 1.82) is 0 Å². The van der Waals surface area contributed by atoms with Crippen LogP contribution in [0.15, 0.2) is 0 Å². The van der Waals surface area contributed by atoms with Crippen molar-refractivity contribution in [2.75, 3.05) is 5.32 Å². The summed E-state index contributed by atoms with van der Waals surface area (Å²) in [5.41, 5.74) is 6.03. The summed E-state index contributed by atoms with van der Waals surface area (Å²) in [6, 6.07) is 0. The van der Waals surface area contributed by atoms with Crippen LogP contribution in [0.25, 0.3) is 0 Å². The van der Waals surface area contributed by atoms with Gasteiger partial charge in [-0.05, 0) is 39.0 Å². The molecular weight excluding hydrogens is 234 g/mol. The predicted molar refractivity (Wildman–Crippen MR) is 70.2 cm³/mol. The lowest BCUT2D eigenvalue weighted by atomic mass is 9.93. The fourth-order valence-electron chi connectivity index (χ4n) is 1.85. The van der Waals surface area contributed by atoms with Crippen molar-refractivity contribution in [3.63, 3.8) is 0 Å². The van der Waals surface area contributed by atoms with Gasteiger partial charge in [0.05, 0.1) is 11.2 Å². The molecule has 17 heavy (non-hydrogen) atoms. The molecule has 94 valence electrons. The minimum Gasteiger partial charge on any atom is -0.318 e. The third kappa shape index (κ3) is 2.84. The number of carbonyl (C=O) groups excluding carboxylic acids is 1. The van der Waals surface area contributed by atoms with Gasteiger partial charge in [0.25, 0.3) is 0 Å². The Kier molecular flexibility index (Phi) is 3.23. The Bertz CT molecular complexity index is 433. The molecule has 1 aliphatic rings. The van der Waals surface area contributed by atoms with Crippen molar-refractivity contribution in [3.8, 4) is 0 Å². The molecule has 0 saturated heterocycles. The van der Waals surface area contributed by atoms with Gasteiger partial charge < -0.3 is 11.1 Å². The molecule has 1 amide bonds. The zero-order valence-electron chi connectivity index (χ0n) is 10.5. The number of anilines is 1. The molecular formula is C12H19N3OS. The maximum atomic E-state index is 11.7. The number of aryl methyl sites for hydroxylation is 1. The first-order chi connectivity index (χ1) is 7.86. The largest absolute Gasteiger partial charge is 0.318 e. The Labute approximate surface area is 106 Å². The van der Waals surface area contributed by atoms with E-state index in [2.05, 4.69) is 17.2 Å². The number of nitrogens with two attached hydrogens (primary N) is 1. The van der Waals surface area contributed by atoms with Crippen LogP contribution in [0, 0.1) is 5.92 Å². The molecule has 0 aliphatic heterocycles. The van der Waals surface area contributed by atoms with E-state index in [9.17, 15) is 4.79 Å². The number of hydrogen-bond donors (Lipinski definition) is 2. The first-order valence-corrected chi connectivity index (χ1v) is 6.77. The van der Waals surface area contributed by atoms with Crippen LogP contribution in [-0.4, -0.2) is 16.4 Å². The zero-order valence-corrected chi connectivity index (χ0v) is 11.4. The van der Waals surface area contributed by atoms with E-state index in [1.54, 1.807) is 25.2 Å². The first kappa shape index (κ1) is 12.5. The second kappa shape index (κ2) is 4.38. The third-order valence-electron chi connectivity index (χ3n) is 2.99. The normalized spacial score (nSPS) is 19.9. The Balaban J connectivity index is 2.11. The van der Waals surface area contributed by atoms with E-state index in [1.165, 1.54) is 11.3 Å². The highest BCUT2D eigenvalue weighted by atomic mass is 32.1. The lowest BCUT2D eigenvalue weighted by molar-refractivity contribution is -0.120. The minimum atomic E-state index is -0.862. The molecule has 0 radical (unpaired) electrons. The number of rotatable bonds is 2. The molecule has 1 aromatic rings. The molecule has 3 N–H and O–H groups in total. The Morgan fingerprint density at radius 2 is 2.29 bits per heavy atom. The van der Waals surface area contributed by atoms with Crippen LogP contribution < -0.4 is 11.1 Å². The van der Waals surface area contributed by atoms with Crippen molar-refractivity contribution in [1.82, 2.24) is 4.98 Å². The van der Waals surface area contributed by atoms with Crippen molar-refractivity contribution < 1.29 is 4.79 Å². The SMILES string of the molecule is CC1CCc2nc(NC(=O)C(C)(C)N)sc2C1. The van der Waals surface area contributed by atoms with Gasteiger partial charge in [-0.2, -0.15) is 0 Å². The van der Waals surface area contributed by atoms with E-state index in [0.717, 1.165) is 24.5 Å². The van der Waals surface area contributed by atoms with Crippen molar-refractivity contribution in [3.05, 3.63) is 10.6 Å². The maximum Gasteiger partial charge on any atom is 0.245 e. The highest BCUT2D eigenvalue weighted by Gasteiger charge is 2.25. The smallest absolute Gasteiger partial charge is 0.245 e. The van der Waals surface area contributed by atoms with E-state index >= 15 is 0 Å². The van der Waals surface area contributed by atoms with Gasteiger partial charge in [0.2, 0.25) is 5.91 Å². The molecule has 0 fully saturated rings. The molecule has 4 nitrogen and oxygen atoms in total. The number of carbonyl (C=O) groups is 1. The molecule has 2 rings (SSSR count). The molecule has 0 aromatic carbocycles. The highest BCUT2D eigenvalue weighted by molar-refractivity contribution is 7.15. The summed E-state index contributed by atoms with van der Waals surface area (Å²) in [5.74, 6) is 0.536. The van der Waals surface area contributed by atoms with Gasteiger partial charge in [-0.25, -0.2) is 4.98 Å². The van der Waals surface area contributed by atoms with Gasteiger partial charge in [-0.3, -0.25) is 4.79 Å². The summed E-state index contributed by atoms with van der Waals surface area (Å²) in [6.45, 7) is 5.64. The summed E-state index contributed by atoms with van der Waals surface area (Å²) in [5, 5.41) is 3.48. The van der Waals surface area contributed by atoms with Crippen LogP contribution in [-0.2, 0) is 17.6 Å². The molecule has 0 spiro atoms. The molecule has 0 bridgehead atoms. The average molecular weight is 253 g/mol. The van der Waals surface area contributed by atoms with Crippen molar-refractivity contribution in [2.45, 2.75) is 45.6 Å². The molecule has 1 aliphatic carbocycles. The number of nitrogens with zero attached hydrogens (tertiary/aromatic N) is 1. The molecule has 1 aromatic heterocycles. The first-order valence-electron chi connectivity index (χ1n) is 5.95. The molecule has 0 saturated carbocycles. The van der Waals surface area contributed by atoms with E-state index in [-0.39, 0.29) is 5.91 Å². The molecule has 1 atom stereocenters. The van der Waals surface area contributed by atoms with Crippen LogP contribution in [0.1, 0.15) is 37.8 Å². The summed E-state index contributed by atoms with van der Waals surface area (Å²) >= 11 is 1.58. The van der Waals surface area contributed by atoms with Crippen LogP contribution >= 0.6 is 11.3 Å². The predicted octanol–water partition coefficient (Wildman–Crippen LogP) is 1.94. The van der Waals surface area contributed by atoms with E-state index in [1.807, 2.05) is 0 Å². The second-order valence-electron chi connectivity index (χ2n) is 5.41. The van der Waals surface area contributed by atoms with Gasteiger partial charge in [0.15, 0.2) is 5.13 Å². The quantitative estimate of drug-likeness (QED) is 0.846. The topological polar surface area (TPSA) is 68.0 Å². The third-order valence-corrected chi connectivity index (χ3v) is 4.03. The highest BCUT2D eigenvalue weighted by Crippen LogP contribution is 2.32. The van der Waals surface area contributed by atoms with Gasteiger partial charge in [0.1, 0.15) is 0 Å². The number of nitrogens with one attached hydrogen (secondary N) is 1. The van der Waals surface area contributed by atoms with Crippen LogP contribution in [0.5, 0.6) is 0 Å². The fourth-order valence-corrected chi connectivity index (χ4v) is 3.02. The molecule has 5 heteroatoms. The Hall–Kier alpha value is -0.940. The van der Waals surface area contributed by atoms with E-state index in [4.69, 9.17) is 5.73 Å². The Morgan fingerprint density at radius 3 is 2.94 bits per heavy atom. The molecule has 1 heterocycles. The zero-order chi connectivity index (χ0) is 12.6. The van der Waals surface area contributed by atoms with E-state index in [0.29, 0.717) is 5.13 Å². The number of fused-ring (bicyclic) bond motifs is 1. The summed E-state index contributed by atoms with van der Waals surface area (Å²) in [6.07, 6.45) is 3.29. The van der Waals surface area contributed by atoms with Gasteiger partial charge in [-0.1, -0.05) is 6.92 Å². The van der Waals surface area contributed by atoms with Crippen LogP contribution in [0.2, 0.25) is 0 Å².